The molecular weight excluding hydrogens is 280 g/mol. The van der Waals surface area contributed by atoms with E-state index in [1.807, 2.05) is 45.0 Å². The molecule has 1 aliphatic rings. The first-order chi connectivity index (χ1) is 10.5. The van der Waals surface area contributed by atoms with Crippen molar-refractivity contribution in [3.8, 4) is 5.75 Å². The maximum atomic E-state index is 12.1. The van der Waals surface area contributed by atoms with E-state index in [9.17, 15) is 4.79 Å². The Labute approximate surface area is 132 Å². The van der Waals surface area contributed by atoms with Gasteiger partial charge in [-0.2, -0.15) is 0 Å². The van der Waals surface area contributed by atoms with Gasteiger partial charge in [0.25, 0.3) is 0 Å². The van der Waals surface area contributed by atoms with E-state index in [-0.39, 0.29) is 24.1 Å². The molecule has 122 valence electrons. The zero-order valence-corrected chi connectivity index (χ0v) is 13.6. The van der Waals surface area contributed by atoms with E-state index in [1.165, 1.54) is 0 Å². The van der Waals surface area contributed by atoms with E-state index in [4.69, 9.17) is 9.47 Å². The fourth-order valence-corrected chi connectivity index (χ4v) is 2.49. The molecule has 0 spiro atoms. The smallest absolute Gasteiger partial charge is 0.222 e. The number of hydrogen-bond donors (Lipinski definition) is 2. The van der Waals surface area contributed by atoms with Crippen molar-refractivity contribution in [3.63, 3.8) is 0 Å². The van der Waals surface area contributed by atoms with Crippen molar-refractivity contribution in [2.45, 2.75) is 45.4 Å². The van der Waals surface area contributed by atoms with E-state index in [1.54, 1.807) is 0 Å². The molecule has 0 bridgehead atoms. The van der Waals surface area contributed by atoms with Gasteiger partial charge >= 0.3 is 0 Å². The quantitative estimate of drug-likeness (QED) is 0.844. The molecule has 0 aliphatic carbocycles. The molecule has 5 nitrogen and oxygen atoms in total. The summed E-state index contributed by atoms with van der Waals surface area (Å²) in [7, 11) is 0. The molecule has 22 heavy (non-hydrogen) atoms. The number of ether oxygens (including phenoxy) is 2. The van der Waals surface area contributed by atoms with Gasteiger partial charge in [0.2, 0.25) is 5.91 Å². The Morgan fingerprint density at radius 2 is 2.27 bits per heavy atom. The van der Waals surface area contributed by atoms with Crippen LogP contribution in [0.25, 0.3) is 0 Å². The van der Waals surface area contributed by atoms with Gasteiger partial charge in [0.05, 0.1) is 25.4 Å². The Kier molecular flexibility index (Phi) is 6.21. The highest BCUT2D eigenvalue weighted by molar-refractivity contribution is 5.77. The van der Waals surface area contributed by atoms with Crippen LogP contribution in [0.3, 0.4) is 0 Å². The lowest BCUT2D eigenvalue weighted by Gasteiger charge is -2.24. The number of morpholine rings is 1. The predicted octanol–water partition coefficient (Wildman–Crippen LogP) is 2.03. The van der Waals surface area contributed by atoms with Gasteiger partial charge in [0.15, 0.2) is 0 Å². The Balaban J connectivity index is 1.87. The topological polar surface area (TPSA) is 59.6 Å². The maximum Gasteiger partial charge on any atom is 0.222 e. The lowest BCUT2D eigenvalue weighted by Crippen LogP contribution is -2.44. The fraction of sp³-hybridized carbons (Fsp3) is 0.588. The standard InChI is InChI=1S/C17H26N2O3/c1-12(2)22-16-6-4-5-14(9-16)13(3)19-17(20)10-15-11-21-8-7-18-15/h4-6,9,12-13,15,18H,7-8,10-11H2,1-3H3,(H,19,20). The number of nitrogens with one attached hydrogen (secondary N) is 2. The summed E-state index contributed by atoms with van der Waals surface area (Å²) in [5.74, 6) is 0.863. The van der Waals surface area contributed by atoms with Crippen LogP contribution in [0.5, 0.6) is 5.75 Å². The summed E-state index contributed by atoms with van der Waals surface area (Å²) in [4.78, 5) is 12.1. The predicted molar refractivity (Wildman–Crippen MR) is 86.0 cm³/mol. The average Bonchev–Trinajstić information content (AvgIpc) is 2.47. The summed E-state index contributed by atoms with van der Waals surface area (Å²) in [6.07, 6.45) is 0.574. The van der Waals surface area contributed by atoms with Crippen LogP contribution in [0.2, 0.25) is 0 Å². The van der Waals surface area contributed by atoms with Crippen LogP contribution >= 0.6 is 0 Å². The Bertz CT molecular complexity index is 485. The second-order valence-corrected chi connectivity index (χ2v) is 5.96. The van der Waals surface area contributed by atoms with E-state index < -0.39 is 0 Å². The summed E-state index contributed by atoms with van der Waals surface area (Å²) in [5.41, 5.74) is 1.04. The van der Waals surface area contributed by atoms with Crippen molar-refractivity contribution in [1.82, 2.24) is 10.6 Å². The highest BCUT2D eigenvalue weighted by Gasteiger charge is 2.18. The molecule has 1 heterocycles. The van der Waals surface area contributed by atoms with Gasteiger partial charge in [-0.05, 0) is 38.5 Å². The summed E-state index contributed by atoms with van der Waals surface area (Å²) in [5, 5.41) is 6.32. The van der Waals surface area contributed by atoms with Crippen molar-refractivity contribution < 1.29 is 14.3 Å². The van der Waals surface area contributed by atoms with Gasteiger partial charge in [-0.1, -0.05) is 12.1 Å². The van der Waals surface area contributed by atoms with Crippen LogP contribution in [-0.2, 0) is 9.53 Å². The van der Waals surface area contributed by atoms with Gasteiger partial charge in [-0.25, -0.2) is 0 Å². The van der Waals surface area contributed by atoms with Gasteiger partial charge in [-0.15, -0.1) is 0 Å². The third-order valence-corrected chi connectivity index (χ3v) is 3.54. The van der Waals surface area contributed by atoms with Gasteiger partial charge in [-0.3, -0.25) is 4.79 Å². The summed E-state index contributed by atoms with van der Waals surface area (Å²) in [6.45, 7) is 8.10. The first-order valence-corrected chi connectivity index (χ1v) is 7.91. The van der Waals surface area contributed by atoms with E-state index >= 15 is 0 Å². The first-order valence-electron chi connectivity index (χ1n) is 7.91. The zero-order chi connectivity index (χ0) is 15.9. The molecule has 2 N–H and O–H groups in total. The minimum Gasteiger partial charge on any atom is -0.491 e. The molecule has 2 unspecified atom stereocenters. The fourth-order valence-electron chi connectivity index (χ4n) is 2.49. The molecule has 2 rings (SSSR count). The molecule has 1 aromatic carbocycles. The largest absolute Gasteiger partial charge is 0.491 e. The molecular formula is C17H26N2O3. The Hall–Kier alpha value is -1.59. The molecule has 0 saturated carbocycles. The van der Waals surface area contributed by atoms with Gasteiger partial charge in [0.1, 0.15) is 5.75 Å². The van der Waals surface area contributed by atoms with Gasteiger partial charge in [0, 0.05) is 19.0 Å². The molecule has 1 aromatic rings. The molecule has 0 aromatic heterocycles. The molecule has 1 saturated heterocycles. The first kappa shape index (κ1) is 16.8. The minimum atomic E-state index is -0.0484. The van der Waals surface area contributed by atoms with Crippen molar-refractivity contribution >= 4 is 5.91 Å². The average molecular weight is 306 g/mol. The zero-order valence-electron chi connectivity index (χ0n) is 13.6. The summed E-state index contributed by atoms with van der Waals surface area (Å²) < 4.78 is 11.1. The van der Waals surface area contributed by atoms with Crippen molar-refractivity contribution in [2.75, 3.05) is 19.8 Å². The molecule has 5 heteroatoms. The second-order valence-electron chi connectivity index (χ2n) is 5.96. The minimum absolute atomic E-state index is 0.0330. The molecule has 0 radical (unpaired) electrons. The van der Waals surface area contributed by atoms with Crippen LogP contribution in [0.4, 0.5) is 0 Å². The van der Waals surface area contributed by atoms with Crippen LogP contribution in [0, 0.1) is 0 Å². The van der Waals surface area contributed by atoms with Crippen LogP contribution < -0.4 is 15.4 Å². The number of hydrogen-bond acceptors (Lipinski definition) is 4. The van der Waals surface area contributed by atoms with E-state index in [0.717, 1.165) is 24.5 Å². The van der Waals surface area contributed by atoms with E-state index in [0.29, 0.717) is 13.0 Å². The monoisotopic (exact) mass is 306 g/mol. The van der Waals surface area contributed by atoms with Crippen LogP contribution in [0.1, 0.15) is 38.8 Å². The highest BCUT2D eigenvalue weighted by Crippen LogP contribution is 2.20. The maximum absolute atomic E-state index is 12.1. The van der Waals surface area contributed by atoms with Crippen LogP contribution in [0.15, 0.2) is 24.3 Å². The summed E-state index contributed by atoms with van der Waals surface area (Å²) in [6, 6.07) is 7.92. The van der Waals surface area contributed by atoms with E-state index in [2.05, 4.69) is 10.6 Å². The number of carbonyl (C=O) groups excluding carboxylic acids is 1. The van der Waals surface area contributed by atoms with Crippen molar-refractivity contribution in [3.05, 3.63) is 29.8 Å². The highest BCUT2D eigenvalue weighted by atomic mass is 16.5. The van der Waals surface area contributed by atoms with Crippen molar-refractivity contribution in [1.29, 1.82) is 0 Å². The normalized spacial score (nSPS) is 19.7. The number of rotatable bonds is 6. The third-order valence-electron chi connectivity index (χ3n) is 3.54. The van der Waals surface area contributed by atoms with Crippen molar-refractivity contribution in [2.24, 2.45) is 0 Å². The molecule has 1 aliphatic heterocycles. The van der Waals surface area contributed by atoms with Crippen LogP contribution in [-0.4, -0.2) is 37.8 Å². The lowest BCUT2D eigenvalue weighted by molar-refractivity contribution is -0.122. The number of amides is 1. The molecule has 1 amide bonds. The second kappa shape index (κ2) is 8.15. The summed E-state index contributed by atoms with van der Waals surface area (Å²) >= 11 is 0. The SMILES string of the molecule is CC(C)Oc1cccc(C(C)NC(=O)CC2COCCN2)c1. The molecule has 1 fully saturated rings. The Morgan fingerprint density at radius 3 is 2.95 bits per heavy atom. The Morgan fingerprint density at radius 1 is 1.45 bits per heavy atom. The number of carbonyl (C=O) groups is 1. The number of benzene rings is 1. The molecule has 2 atom stereocenters. The lowest BCUT2D eigenvalue weighted by atomic mass is 10.1. The van der Waals surface area contributed by atoms with Gasteiger partial charge < -0.3 is 20.1 Å². The third kappa shape index (κ3) is 5.31.